The quantitative estimate of drug-likeness (QED) is 0.861. The molecule has 1 unspecified atom stereocenters. The average molecular weight is 279 g/mol. The summed E-state index contributed by atoms with van der Waals surface area (Å²) in [5, 5.41) is 15.3. The molecule has 1 atom stereocenters. The van der Waals surface area contributed by atoms with E-state index < -0.39 is 5.60 Å². The third kappa shape index (κ3) is 2.04. The van der Waals surface area contributed by atoms with Gasteiger partial charge in [-0.3, -0.25) is 9.48 Å². The molecule has 0 saturated carbocycles. The van der Waals surface area contributed by atoms with E-state index >= 15 is 0 Å². The Morgan fingerprint density at radius 2 is 2.32 bits per heavy atom. The fraction of sp³-hybridized carbons (Fsp3) is 0.538. The van der Waals surface area contributed by atoms with Crippen LogP contribution in [0.3, 0.4) is 0 Å². The molecule has 1 saturated heterocycles. The van der Waals surface area contributed by atoms with E-state index in [0.717, 1.165) is 20.8 Å². The SMILES string of the molecule is Cc1nn(C)c2sc(C(=O)N3CCC(C)(O)C3)cc12. The summed E-state index contributed by atoms with van der Waals surface area (Å²) >= 11 is 1.47. The van der Waals surface area contributed by atoms with Crippen molar-refractivity contribution in [2.45, 2.75) is 25.9 Å². The van der Waals surface area contributed by atoms with Crippen LogP contribution in [-0.2, 0) is 7.05 Å². The van der Waals surface area contributed by atoms with Crippen molar-refractivity contribution < 1.29 is 9.90 Å². The van der Waals surface area contributed by atoms with Gasteiger partial charge in [-0.15, -0.1) is 11.3 Å². The molecule has 1 N–H and O–H groups in total. The second kappa shape index (κ2) is 4.05. The first-order valence-corrected chi connectivity index (χ1v) is 7.14. The van der Waals surface area contributed by atoms with Crippen LogP contribution in [0.2, 0.25) is 0 Å². The second-order valence-corrected chi connectivity index (χ2v) is 6.54. The highest BCUT2D eigenvalue weighted by molar-refractivity contribution is 7.20. The van der Waals surface area contributed by atoms with E-state index in [1.165, 1.54) is 11.3 Å². The number of aromatic nitrogens is 2. The number of rotatable bonds is 1. The number of nitrogens with zero attached hydrogens (tertiary/aromatic N) is 3. The van der Waals surface area contributed by atoms with E-state index in [1.807, 2.05) is 24.7 Å². The predicted octanol–water partition coefficient (Wildman–Crippen LogP) is 1.54. The molecule has 19 heavy (non-hydrogen) atoms. The van der Waals surface area contributed by atoms with Gasteiger partial charge in [0.2, 0.25) is 0 Å². The van der Waals surface area contributed by atoms with Gasteiger partial charge >= 0.3 is 0 Å². The van der Waals surface area contributed by atoms with Gasteiger partial charge < -0.3 is 10.0 Å². The van der Waals surface area contributed by atoms with E-state index in [4.69, 9.17) is 0 Å². The lowest BCUT2D eigenvalue weighted by atomic mass is 10.1. The molecular weight excluding hydrogens is 262 g/mol. The van der Waals surface area contributed by atoms with Crippen molar-refractivity contribution in [3.8, 4) is 0 Å². The van der Waals surface area contributed by atoms with Gasteiger partial charge in [-0.25, -0.2) is 0 Å². The first kappa shape index (κ1) is 12.6. The van der Waals surface area contributed by atoms with Crippen LogP contribution in [0, 0.1) is 6.92 Å². The molecule has 6 heteroatoms. The number of aryl methyl sites for hydroxylation is 2. The molecule has 5 nitrogen and oxygen atoms in total. The standard InChI is InChI=1S/C13H17N3O2S/c1-8-9-6-10(19-12(9)15(3)14-8)11(17)16-5-4-13(2,18)7-16/h6,18H,4-5,7H2,1-3H3. The molecule has 102 valence electrons. The summed E-state index contributed by atoms with van der Waals surface area (Å²) in [6.07, 6.45) is 0.643. The van der Waals surface area contributed by atoms with Gasteiger partial charge in [-0.2, -0.15) is 5.10 Å². The van der Waals surface area contributed by atoms with Crippen LogP contribution < -0.4 is 0 Å². The second-order valence-electron chi connectivity index (χ2n) is 5.51. The molecule has 0 spiro atoms. The number of fused-ring (bicyclic) bond motifs is 1. The smallest absolute Gasteiger partial charge is 0.264 e. The third-order valence-electron chi connectivity index (χ3n) is 3.65. The van der Waals surface area contributed by atoms with Crippen molar-refractivity contribution in [1.29, 1.82) is 0 Å². The number of likely N-dealkylation sites (tertiary alicyclic amines) is 1. The topological polar surface area (TPSA) is 58.4 Å². The molecule has 2 aromatic rings. The molecular formula is C13H17N3O2S. The van der Waals surface area contributed by atoms with Crippen molar-refractivity contribution >= 4 is 27.5 Å². The molecule has 0 radical (unpaired) electrons. The number of carbonyl (C=O) groups excluding carboxylic acids is 1. The number of β-amino-alcohol motifs (C(OH)–C–C–N with tert-alkyl or cyclic N) is 1. The van der Waals surface area contributed by atoms with Gasteiger partial charge in [0.25, 0.3) is 5.91 Å². The maximum Gasteiger partial charge on any atom is 0.264 e. The van der Waals surface area contributed by atoms with E-state index in [-0.39, 0.29) is 5.91 Å². The van der Waals surface area contributed by atoms with Gasteiger partial charge in [-0.05, 0) is 26.3 Å². The highest BCUT2D eigenvalue weighted by atomic mass is 32.1. The lowest BCUT2D eigenvalue weighted by molar-refractivity contribution is 0.0575. The maximum absolute atomic E-state index is 12.4. The number of aliphatic hydroxyl groups is 1. The van der Waals surface area contributed by atoms with E-state index in [1.54, 1.807) is 11.8 Å². The average Bonchev–Trinajstić information content (AvgIpc) is 2.96. The number of thiophene rings is 1. The zero-order chi connectivity index (χ0) is 13.8. The zero-order valence-electron chi connectivity index (χ0n) is 11.3. The number of carbonyl (C=O) groups is 1. The molecule has 1 fully saturated rings. The minimum Gasteiger partial charge on any atom is -0.388 e. The van der Waals surface area contributed by atoms with Crippen molar-refractivity contribution in [1.82, 2.24) is 14.7 Å². The van der Waals surface area contributed by atoms with Gasteiger partial charge in [0.1, 0.15) is 4.83 Å². The molecule has 1 amide bonds. The van der Waals surface area contributed by atoms with Crippen LogP contribution in [0.1, 0.15) is 28.7 Å². The summed E-state index contributed by atoms with van der Waals surface area (Å²) in [7, 11) is 1.89. The number of amides is 1. The first-order chi connectivity index (χ1) is 8.87. The van der Waals surface area contributed by atoms with Crippen LogP contribution in [-0.4, -0.2) is 44.4 Å². The monoisotopic (exact) mass is 279 g/mol. The lowest BCUT2D eigenvalue weighted by Gasteiger charge is -2.18. The molecule has 0 aliphatic carbocycles. The Hall–Kier alpha value is -1.40. The van der Waals surface area contributed by atoms with E-state index in [0.29, 0.717) is 19.5 Å². The Bertz CT molecular complexity index is 622. The molecule has 1 aliphatic heterocycles. The van der Waals surface area contributed by atoms with Crippen molar-refractivity contribution in [2.24, 2.45) is 7.05 Å². The highest BCUT2D eigenvalue weighted by Crippen LogP contribution is 2.30. The normalized spacial score (nSPS) is 23.5. The molecule has 0 bridgehead atoms. The van der Waals surface area contributed by atoms with E-state index in [2.05, 4.69) is 5.10 Å². The van der Waals surface area contributed by atoms with Gasteiger partial charge in [0.15, 0.2) is 0 Å². The van der Waals surface area contributed by atoms with Gasteiger partial charge in [0.05, 0.1) is 16.2 Å². The summed E-state index contributed by atoms with van der Waals surface area (Å²) in [6, 6.07) is 1.91. The molecule has 3 heterocycles. The Labute approximate surface area is 115 Å². The molecule has 0 aromatic carbocycles. The van der Waals surface area contributed by atoms with Crippen LogP contribution in [0.4, 0.5) is 0 Å². The summed E-state index contributed by atoms with van der Waals surface area (Å²) in [5.41, 5.74) is 0.199. The lowest BCUT2D eigenvalue weighted by Crippen LogP contribution is -2.33. The van der Waals surface area contributed by atoms with Crippen LogP contribution in [0.5, 0.6) is 0 Å². The fourth-order valence-corrected chi connectivity index (χ4v) is 3.68. The Balaban J connectivity index is 1.92. The molecule has 3 rings (SSSR count). The summed E-state index contributed by atoms with van der Waals surface area (Å²) in [5.74, 6) is 0.0124. The molecule has 1 aliphatic rings. The highest BCUT2D eigenvalue weighted by Gasteiger charge is 2.35. The Morgan fingerprint density at radius 1 is 1.58 bits per heavy atom. The van der Waals surface area contributed by atoms with Gasteiger partial charge in [-0.1, -0.05) is 0 Å². The van der Waals surface area contributed by atoms with E-state index in [9.17, 15) is 9.90 Å². The number of hydrogen-bond acceptors (Lipinski definition) is 4. The Kier molecular flexibility index (Phi) is 2.69. The molecule has 2 aromatic heterocycles. The first-order valence-electron chi connectivity index (χ1n) is 6.32. The predicted molar refractivity (Wildman–Crippen MR) is 74.5 cm³/mol. The minimum absolute atomic E-state index is 0.0124. The summed E-state index contributed by atoms with van der Waals surface area (Å²) in [4.78, 5) is 15.9. The van der Waals surface area contributed by atoms with Gasteiger partial charge in [0, 0.05) is 25.5 Å². The fourth-order valence-electron chi connectivity index (χ4n) is 2.58. The summed E-state index contributed by atoms with van der Waals surface area (Å²) in [6.45, 7) is 4.76. The van der Waals surface area contributed by atoms with Crippen molar-refractivity contribution in [3.63, 3.8) is 0 Å². The largest absolute Gasteiger partial charge is 0.388 e. The maximum atomic E-state index is 12.4. The Morgan fingerprint density at radius 3 is 2.89 bits per heavy atom. The van der Waals surface area contributed by atoms with Crippen LogP contribution in [0.15, 0.2) is 6.07 Å². The van der Waals surface area contributed by atoms with Crippen molar-refractivity contribution in [2.75, 3.05) is 13.1 Å². The van der Waals surface area contributed by atoms with Crippen LogP contribution >= 0.6 is 11.3 Å². The zero-order valence-corrected chi connectivity index (χ0v) is 12.1. The van der Waals surface area contributed by atoms with Crippen LogP contribution in [0.25, 0.3) is 10.2 Å². The third-order valence-corrected chi connectivity index (χ3v) is 4.84. The number of hydrogen-bond donors (Lipinski definition) is 1. The minimum atomic E-state index is -0.746. The van der Waals surface area contributed by atoms with Crippen molar-refractivity contribution in [3.05, 3.63) is 16.6 Å². The summed E-state index contributed by atoms with van der Waals surface area (Å²) < 4.78 is 1.81.